The van der Waals surface area contributed by atoms with E-state index in [1.807, 2.05) is 0 Å². The molecule has 2 fully saturated rings. The Bertz CT molecular complexity index is 295. The van der Waals surface area contributed by atoms with Crippen LogP contribution in [0.3, 0.4) is 0 Å². The van der Waals surface area contributed by atoms with E-state index in [4.69, 9.17) is 4.78 Å². The van der Waals surface area contributed by atoms with Gasteiger partial charge in [0.15, 0.2) is 0 Å². The topological polar surface area (TPSA) is 53.0 Å². The maximum Gasteiger partial charge on any atom is 0.0453 e. The zero-order valence-corrected chi connectivity index (χ0v) is 10.9. The molecule has 3 atom stereocenters. The molecule has 0 saturated carbocycles. The van der Waals surface area contributed by atoms with E-state index in [9.17, 15) is 4.21 Å². The Labute approximate surface area is 98.2 Å². The van der Waals surface area contributed by atoms with Gasteiger partial charge in [0.05, 0.1) is 0 Å². The van der Waals surface area contributed by atoms with Crippen molar-refractivity contribution in [2.24, 2.45) is 10.8 Å². The molecule has 0 radical (unpaired) electrons. The summed E-state index contributed by atoms with van der Waals surface area (Å²) in [5.74, 6) is 1.17. The summed E-state index contributed by atoms with van der Waals surface area (Å²) in [5, 5.41) is 3.33. The van der Waals surface area contributed by atoms with Gasteiger partial charge in [0, 0.05) is 34.3 Å². The van der Waals surface area contributed by atoms with E-state index < -0.39 is 9.73 Å². The second-order valence-corrected chi connectivity index (χ2v) is 7.03. The van der Waals surface area contributed by atoms with Gasteiger partial charge in [-0.3, -0.25) is 4.78 Å². The van der Waals surface area contributed by atoms with E-state index in [-0.39, 0.29) is 35.6 Å². The number of fused-ring (bicyclic) bond motifs is 1. The Morgan fingerprint density at radius 3 is 1.86 bits per heavy atom. The van der Waals surface area contributed by atoms with Crippen molar-refractivity contribution in [1.82, 2.24) is 5.32 Å². The van der Waals surface area contributed by atoms with Crippen LogP contribution in [0.25, 0.3) is 0 Å². The minimum atomic E-state index is -2.26. The summed E-state index contributed by atoms with van der Waals surface area (Å²) in [6.45, 7) is 6.18. The molecule has 6 heteroatoms. The van der Waals surface area contributed by atoms with Gasteiger partial charge >= 0.3 is 0 Å². The molecule has 2 rings (SSSR count). The molecule has 0 amide bonds. The lowest BCUT2D eigenvalue weighted by Gasteiger charge is -2.30. The molecular weight excluding hydrogens is 243 g/mol. The summed E-state index contributed by atoms with van der Waals surface area (Å²) >= 11 is 0. The standard InChI is InChI=1S/C8H16N2OS.2ClH/c1-7-3-10-4-8(7,2)6-12(9,11)5-7;;/h9-10H,3-6H2,1-2H3;2*1H/t7-,8+,12?;;. The molecule has 2 aliphatic heterocycles. The van der Waals surface area contributed by atoms with Crippen molar-refractivity contribution in [3.63, 3.8) is 0 Å². The van der Waals surface area contributed by atoms with Gasteiger partial charge in [0.25, 0.3) is 0 Å². The van der Waals surface area contributed by atoms with Crippen LogP contribution in [0.5, 0.6) is 0 Å². The van der Waals surface area contributed by atoms with Gasteiger partial charge in [-0.1, -0.05) is 13.8 Å². The molecule has 2 saturated heterocycles. The predicted molar refractivity (Wildman–Crippen MR) is 64.2 cm³/mol. The predicted octanol–water partition coefficient (Wildman–Crippen LogP) is 1.51. The third-order valence-electron chi connectivity index (χ3n) is 3.59. The van der Waals surface area contributed by atoms with Gasteiger partial charge in [-0.05, 0) is 10.8 Å². The van der Waals surface area contributed by atoms with Crippen molar-refractivity contribution in [1.29, 1.82) is 4.78 Å². The van der Waals surface area contributed by atoms with Crippen molar-refractivity contribution >= 4 is 34.5 Å². The smallest absolute Gasteiger partial charge is 0.0453 e. The molecule has 0 aromatic carbocycles. The van der Waals surface area contributed by atoms with Crippen LogP contribution in [0, 0.1) is 15.6 Å². The highest BCUT2D eigenvalue weighted by molar-refractivity contribution is 7.92. The lowest BCUT2D eigenvalue weighted by atomic mass is 9.71. The molecule has 0 bridgehead atoms. The maximum atomic E-state index is 11.6. The fraction of sp³-hybridized carbons (Fsp3) is 1.00. The third-order valence-corrected chi connectivity index (χ3v) is 5.80. The highest BCUT2D eigenvalue weighted by Gasteiger charge is 2.56. The summed E-state index contributed by atoms with van der Waals surface area (Å²) in [6, 6.07) is 0. The first-order chi connectivity index (χ1) is 5.37. The number of hydrogen-bond acceptors (Lipinski definition) is 3. The van der Waals surface area contributed by atoms with Crippen LogP contribution in [-0.4, -0.2) is 28.8 Å². The zero-order chi connectivity index (χ0) is 9.04. The summed E-state index contributed by atoms with van der Waals surface area (Å²) in [6.07, 6.45) is 0. The van der Waals surface area contributed by atoms with Crippen LogP contribution in [0.4, 0.5) is 0 Å². The van der Waals surface area contributed by atoms with Crippen molar-refractivity contribution in [3.8, 4) is 0 Å². The van der Waals surface area contributed by atoms with E-state index in [2.05, 4.69) is 19.2 Å². The van der Waals surface area contributed by atoms with Crippen LogP contribution in [-0.2, 0) is 9.73 Å². The molecule has 0 spiro atoms. The van der Waals surface area contributed by atoms with E-state index in [0.717, 1.165) is 13.1 Å². The van der Waals surface area contributed by atoms with Crippen LogP contribution >= 0.6 is 24.8 Å². The van der Waals surface area contributed by atoms with Crippen molar-refractivity contribution < 1.29 is 4.21 Å². The quantitative estimate of drug-likeness (QED) is 0.694. The molecule has 2 aliphatic rings. The molecule has 1 unspecified atom stereocenters. The number of nitrogens with one attached hydrogen (secondary N) is 2. The van der Waals surface area contributed by atoms with E-state index >= 15 is 0 Å². The minimum Gasteiger partial charge on any atom is -0.316 e. The Balaban J connectivity index is 0.000000845. The van der Waals surface area contributed by atoms with E-state index in [0.29, 0.717) is 11.5 Å². The first kappa shape index (κ1) is 14.5. The van der Waals surface area contributed by atoms with Gasteiger partial charge in [0.1, 0.15) is 0 Å². The van der Waals surface area contributed by atoms with Crippen molar-refractivity contribution in [2.75, 3.05) is 24.6 Å². The van der Waals surface area contributed by atoms with Crippen LogP contribution in [0.1, 0.15) is 13.8 Å². The fourth-order valence-electron chi connectivity index (χ4n) is 2.57. The molecular formula is C8H18Cl2N2OS. The van der Waals surface area contributed by atoms with Crippen molar-refractivity contribution in [2.45, 2.75) is 13.8 Å². The van der Waals surface area contributed by atoms with E-state index in [1.165, 1.54) is 0 Å². The summed E-state index contributed by atoms with van der Waals surface area (Å²) < 4.78 is 19.3. The summed E-state index contributed by atoms with van der Waals surface area (Å²) in [4.78, 5) is 0. The summed E-state index contributed by atoms with van der Waals surface area (Å²) in [7, 11) is -2.26. The molecule has 3 nitrogen and oxygen atoms in total. The van der Waals surface area contributed by atoms with Crippen LogP contribution < -0.4 is 5.32 Å². The van der Waals surface area contributed by atoms with Crippen molar-refractivity contribution in [3.05, 3.63) is 0 Å². The second-order valence-electron chi connectivity index (χ2n) is 4.83. The molecule has 0 aromatic heterocycles. The molecule has 86 valence electrons. The van der Waals surface area contributed by atoms with Crippen LogP contribution in [0.2, 0.25) is 0 Å². The SMILES string of the molecule is C[C@@]12CNC[C@]1(C)CS(=N)(=O)C2.Cl.Cl. The van der Waals surface area contributed by atoms with E-state index in [1.54, 1.807) is 0 Å². The van der Waals surface area contributed by atoms with Gasteiger partial charge < -0.3 is 5.32 Å². The highest BCUT2D eigenvalue weighted by atomic mass is 35.5. The highest BCUT2D eigenvalue weighted by Crippen LogP contribution is 2.49. The van der Waals surface area contributed by atoms with Gasteiger partial charge in [-0.15, -0.1) is 24.8 Å². The Morgan fingerprint density at radius 2 is 1.50 bits per heavy atom. The molecule has 0 aliphatic carbocycles. The van der Waals surface area contributed by atoms with Gasteiger partial charge in [-0.25, -0.2) is 4.21 Å². The molecule has 2 N–H and O–H groups in total. The lowest BCUT2D eigenvalue weighted by Crippen LogP contribution is -2.34. The minimum absolute atomic E-state index is 0. The largest absolute Gasteiger partial charge is 0.316 e. The number of hydrogen-bond donors (Lipinski definition) is 2. The molecule has 14 heavy (non-hydrogen) atoms. The zero-order valence-electron chi connectivity index (χ0n) is 8.46. The second kappa shape index (κ2) is 3.81. The Kier molecular flexibility index (Phi) is 3.95. The molecule has 0 aromatic rings. The average molecular weight is 261 g/mol. The summed E-state index contributed by atoms with van der Waals surface area (Å²) in [5.41, 5.74) is 0.206. The molecule has 2 heterocycles. The first-order valence-corrected chi connectivity index (χ1v) is 6.22. The average Bonchev–Trinajstić information content (AvgIpc) is 2.11. The Morgan fingerprint density at radius 1 is 1.14 bits per heavy atom. The normalized spacial score (nSPS) is 50.4. The number of rotatable bonds is 0. The monoisotopic (exact) mass is 260 g/mol. The lowest BCUT2D eigenvalue weighted by molar-refractivity contribution is 0.212. The first-order valence-electron chi connectivity index (χ1n) is 4.32. The van der Waals surface area contributed by atoms with Gasteiger partial charge in [-0.2, -0.15) is 0 Å². The van der Waals surface area contributed by atoms with Gasteiger partial charge in [0.2, 0.25) is 0 Å². The van der Waals surface area contributed by atoms with Crippen LogP contribution in [0.15, 0.2) is 0 Å². The fourth-order valence-corrected chi connectivity index (χ4v) is 5.63. The Hall–Kier alpha value is 0.490. The number of halogens is 2. The maximum absolute atomic E-state index is 11.6. The third kappa shape index (κ3) is 1.90.